The average Bonchev–Trinajstić information content (AvgIpc) is 2.04. The van der Waals surface area contributed by atoms with Crippen molar-refractivity contribution in [1.82, 2.24) is 0 Å². The van der Waals surface area contributed by atoms with Crippen LogP contribution in [-0.4, -0.2) is 11.3 Å². The fourth-order valence-corrected chi connectivity index (χ4v) is 1.11. The first kappa shape index (κ1) is 9.22. The van der Waals surface area contributed by atoms with E-state index in [4.69, 9.17) is 4.18 Å². The van der Waals surface area contributed by atoms with Crippen molar-refractivity contribution >= 4 is 11.4 Å². The van der Waals surface area contributed by atoms with Gasteiger partial charge in [0.25, 0.3) is 0 Å². The second-order valence-electron chi connectivity index (χ2n) is 2.27. The highest BCUT2D eigenvalue weighted by Crippen LogP contribution is 2.13. The van der Waals surface area contributed by atoms with Crippen molar-refractivity contribution in [2.45, 2.75) is 6.92 Å². The third kappa shape index (κ3) is 2.64. The molecule has 12 heavy (non-hydrogen) atoms. The third-order valence-corrected chi connectivity index (χ3v) is 1.89. The highest BCUT2D eigenvalue weighted by Gasteiger charge is 1.99. The van der Waals surface area contributed by atoms with Gasteiger partial charge < -0.3 is 4.18 Å². The number of benzene rings is 1. The van der Waals surface area contributed by atoms with Gasteiger partial charge in [-0.3, -0.25) is 4.18 Å². The minimum atomic E-state index is -1.69. The van der Waals surface area contributed by atoms with Crippen LogP contribution < -0.4 is 4.18 Å². The van der Waals surface area contributed by atoms with Gasteiger partial charge in [0.2, 0.25) is 0 Å². The molecule has 1 unspecified atom stereocenters. The molecule has 0 radical (unpaired) electrons. The number of rotatable bonds is 3. The summed E-state index contributed by atoms with van der Waals surface area (Å²) >= 11 is -1.69. The van der Waals surface area contributed by atoms with Gasteiger partial charge >= 0.3 is 11.4 Å². The second kappa shape index (κ2) is 4.23. The monoisotopic (exact) mass is 186 g/mol. The third-order valence-electron chi connectivity index (χ3n) is 1.29. The van der Waals surface area contributed by atoms with Gasteiger partial charge in [-0.25, -0.2) is 0 Å². The van der Waals surface area contributed by atoms with Crippen LogP contribution in [0, 0.1) is 6.92 Å². The SMILES string of the molecule is COS(=O)Oc1cccc(C)c1. The molecule has 1 atom stereocenters. The van der Waals surface area contributed by atoms with Crippen molar-refractivity contribution in [2.75, 3.05) is 7.11 Å². The minimum Gasteiger partial charge on any atom is -0.380 e. The molecule has 0 aliphatic heterocycles. The maximum Gasteiger partial charge on any atom is 0.359 e. The van der Waals surface area contributed by atoms with Crippen LogP contribution in [0.4, 0.5) is 0 Å². The summed E-state index contributed by atoms with van der Waals surface area (Å²) in [4.78, 5) is 0. The minimum absolute atomic E-state index is 0.551. The lowest BCUT2D eigenvalue weighted by atomic mass is 10.2. The van der Waals surface area contributed by atoms with Crippen molar-refractivity contribution in [2.24, 2.45) is 0 Å². The molecular formula is C8H10O3S. The Kier molecular flexibility index (Phi) is 3.25. The van der Waals surface area contributed by atoms with Crippen LogP contribution in [-0.2, 0) is 15.5 Å². The fraction of sp³-hybridized carbons (Fsp3) is 0.250. The standard InChI is InChI=1S/C8H10O3S/c1-7-4-3-5-8(6-7)11-12(9)10-2/h3-6H,1-2H3. The summed E-state index contributed by atoms with van der Waals surface area (Å²) in [6.45, 7) is 1.93. The van der Waals surface area contributed by atoms with E-state index >= 15 is 0 Å². The lowest BCUT2D eigenvalue weighted by Crippen LogP contribution is -2.01. The lowest BCUT2D eigenvalue weighted by Gasteiger charge is -2.01. The predicted molar refractivity (Wildman–Crippen MR) is 47.0 cm³/mol. The first-order chi connectivity index (χ1) is 5.72. The Hall–Kier alpha value is -0.870. The summed E-state index contributed by atoms with van der Waals surface area (Å²) in [5, 5.41) is 0. The Morgan fingerprint density at radius 2 is 2.17 bits per heavy atom. The van der Waals surface area contributed by atoms with E-state index in [0.717, 1.165) is 5.56 Å². The summed E-state index contributed by atoms with van der Waals surface area (Å²) in [6.07, 6.45) is 0. The quantitative estimate of drug-likeness (QED) is 0.719. The molecule has 0 heterocycles. The van der Waals surface area contributed by atoms with Gasteiger partial charge in [-0.15, -0.1) is 0 Å². The molecule has 0 aliphatic rings. The van der Waals surface area contributed by atoms with Gasteiger partial charge in [-0.2, -0.15) is 4.21 Å². The highest BCUT2D eigenvalue weighted by molar-refractivity contribution is 7.75. The molecule has 4 heteroatoms. The molecule has 1 aromatic carbocycles. The van der Waals surface area contributed by atoms with Gasteiger partial charge in [-0.1, -0.05) is 12.1 Å². The Morgan fingerprint density at radius 1 is 1.42 bits per heavy atom. The van der Waals surface area contributed by atoms with Crippen molar-refractivity contribution in [3.8, 4) is 5.75 Å². The van der Waals surface area contributed by atoms with Crippen LogP contribution in [0.15, 0.2) is 24.3 Å². The summed E-state index contributed by atoms with van der Waals surface area (Å²) < 4.78 is 20.1. The maximum atomic E-state index is 10.8. The first-order valence-electron chi connectivity index (χ1n) is 3.43. The topological polar surface area (TPSA) is 35.5 Å². The predicted octanol–water partition coefficient (Wildman–Crippen LogP) is 1.60. The fourth-order valence-electron chi connectivity index (χ4n) is 0.780. The van der Waals surface area contributed by atoms with Gasteiger partial charge in [0, 0.05) is 0 Å². The summed E-state index contributed by atoms with van der Waals surface area (Å²) in [5.41, 5.74) is 1.06. The Morgan fingerprint density at radius 3 is 2.75 bits per heavy atom. The van der Waals surface area contributed by atoms with E-state index in [9.17, 15) is 4.21 Å². The summed E-state index contributed by atoms with van der Waals surface area (Å²) in [7, 11) is 1.33. The molecule has 0 spiro atoms. The van der Waals surface area contributed by atoms with Gasteiger partial charge in [0.15, 0.2) is 0 Å². The number of hydrogen-bond donors (Lipinski definition) is 0. The lowest BCUT2D eigenvalue weighted by molar-refractivity contribution is 0.383. The Labute approximate surface area is 74.2 Å². The smallest absolute Gasteiger partial charge is 0.359 e. The molecule has 1 aromatic rings. The largest absolute Gasteiger partial charge is 0.380 e. The van der Waals surface area contributed by atoms with Gasteiger partial charge in [0.05, 0.1) is 7.11 Å². The van der Waals surface area contributed by atoms with Crippen molar-refractivity contribution in [3.05, 3.63) is 29.8 Å². The molecule has 0 N–H and O–H groups in total. The van der Waals surface area contributed by atoms with E-state index < -0.39 is 11.4 Å². The molecule has 0 aliphatic carbocycles. The molecule has 0 saturated carbocycles. The van der Waals surface area contributed by atoms with E-state index in [1.807, 2.05) is 19.1 Å². The molecule has 3 nitrogen and oxygen atoms in total. The van der Waals surface area contributed by atoms with Crippen LogP contribution in [0.5, 0.6) is 5.75 Å². The van der Waals surface area contributed by atoms with Crippen molar-refractivity contribution < 1.29 is 12.6 Å². The maximum absolute atomic E-state index is 10.8. The van der Waals surface area contributed by atoms with Crippen LogP contribution in [0.3, 0.4) is 0 Å². The molecule has 0 aromatic heterocycles. The average molecular weight is 186 g/mol. The molecule has 0 saturated heterocycles. The number of aryl methyl sites for hydroxylation is 1. The molecule has 66 valence electrons. The zero-order valence-corrected chi connectivity index (χ0v) is 7.76. The Bertz CT molecular complexity index is 285. The molecular weight excluding hydrogens is 176 g/mol. The van der Waals surface area contributed by atoms with Crippen LogP contribution in [0.1, 0.15) is 5.56 Å². The van der Waals surface area contributed by atoms with Crippen LogP contribution in [0.25, 0.3) is 0 Å². The zero-order chi connectivity index (χ0) is 8.97. The Balaban J connectivity index is 2.69. The van der Waals surface area contributed by atoms with Crippen molar-refractivity contribution in [1.29, 1.82) is 0 Å². The van der Waals surface area contributed by atoms with Gasteiger partial charge in [0.1, 0.15) is 5.75 Å². The molecule has 1 rings (SSSR count). The van der Waals surface area contributed by atoms with E-state index in [1.54, 1.807) is 12.1 Å². The van der Waals surface area contributed by atoms with Gasteiger partial charge in [-0.05, 0) is 24.6 Å². The van der Waals surface area contributed by atoms with E-state index in [0.29, 0.717) is 5.75 Å². The highest BCUT2D eigenvalue weighted by atomic mass is 32.2. The van der Waals surface area contributed by atoms with E-state index in [2.05, 4.69) is 4.18 Å². The zero-order valence-electron chi connectivity index (χ0n) is 6.94. The first-order valence-corrected chi connectivity index (χ1v) is 4.43. The number of hydrogen-bond acceptors (Lipinski definition) is 3. The van der Waals surface area contributed by atoms with Crippen LogP contribution >= 0.6 is 0 Å². The molecule has 0 bridgehead atoms. The molecule has 0 fully saturated rings. The normalized spacial score (nSPS) is 12.5. The summed E-state index contributed by atoms with van der Waals surface area (Å²) in [5.74, 6) is 0.551. The van der Waals surface area contributed by atoms with E-state index in [1.165, 1.54) is 7.11 Å². The summed E-state index contributed by atoms with van der Waals surface area (Å²) in [6, 6.07) is 7.28. The van der Waals surface area contributed by atoms with E-state index in [-0.39, 0.29) is 0 Å². The molecule has 0 amide bonds. The second-order valence-corrected chi connectivity index (χ2v) is 3.18. The van der Waals surface area contributed by atoms with Crippen LogP contribution in [0.2, 0.25) is 0 Å². The van der Waals surface area contributed by atoms with Crippen molar-refractivity contribution in [3.63, 3.8) is 0 Å².